The first kappa shape index (κ1) is 12.1. The lowest BCUT2D eigenvalue weighted by molar-refractivity contribution is -0.0314. The summed E-state index contributed by atoms with van der Waals surface area (Å²) in [6.45, 7) is 0. The fraction of sp³-hybridized carbons (Fsp3) is 1.00. The van der Waals surface area contributed by atoms with Gasteiger partial charge in [-0.15, -0.1) is 0 Å². The van der Waals surface area contributed by atoms with E-state index in [1.54, 1.807) is 21.3 Å². The molecule has 0 aliphatic heterocycles. The van der Waals surface area contributed by atoms with Crippen LogP contribution in [0.15, 0.2) is 0 Å². The van der Waals surface area contributed by atoms with Gasteiger partial charge in [0.1, 0.15) is 0 Å². The van der Waals surface area contributed by atoms with Crippen LogP contribution in [0, 0.1) is 0 Å². The van der Waals surface area contributed by atoms with Gasteiger partial charge < -0.3 is 17.7 Å². The van der Waals surface area contributed by atoms with Gasteiger partial charge in [0, 0.05) is 21.3 Å². The van der Waals surface area contributed by atoms with E-state index in [9.17, 15) is 0 Å². The molecule has 1 saturated carbocycles. The van der Waals surface area contributed by atoms with Crippen molar-refractivity contribution in [3.8, 4) is 0 Å². The maximum absolute atomic E-state index is 5.80. The second kappa shape index (κ2) is 5.82. The summed E-state index contributed by atoms with van der Waals surface area (Å²) in [5.74, 6) is 0. The zero-order valence-corrected chi connectivity index (χ0v) is 10.2. The minimum Gasteiger partial charge on any atom is -0.355 e. The Morgan fingerprint density at radius 2 is 1.36 bits per heavy atom. The molecule has 0 amide bonds. The van der Waals surface area contributed by atoms with E-state index in [1.165, 1.54) is 19.3 Å². The summed E-state index contributed by atoms with van der Waals surface area (Å²) in [6, 6.07) is 0. The monoisotopic (exact) mass is 220 g/mol. The summed E-state index contributed by atoms with van der Waals surface area (Å²) in [6.07, 6.45) is 6.19. The molecule has 84 valence electrons. The minimum atomic E-state index is -2.80. The molecule has 0 radical (unpaired) electrons. The van der Waals surface area contributed by atoms with Crippen molar-refractivity contribution in [2.45, 2.75) is 38.2 Å². The Balaban J connectivity index is 2.44. The number of hydrogen-bond acceptors (Lipinski definition) is 4. The van der Waals surface area contributed by atoms with Crippen LogP contribution >= 0.6 is 0 Å². The minimum absolute atomic E-state index is 0.246. The molecule has 1 aliphatic carbocycles. The highest BCUT2D eigenvalue weighted by Crippen LogP contribution is 2.24. The lowest BCUT2D eigenvalue weighted by Gasteiger charge is -2.30. The van der Waals surface area contributed by atoms with Gasteiger partial charge in [0.15, 0.2) is 0 Å². The average molecular weight is 220 g/mol. The van der Waals surface area contributed by atoms with Gasteiger partial charge in [-0.3, -0.25) is 0 Å². The summed E-state index contributed by atoms with van der Waals surface area (Å²) in [4.78, 5) is 0. The Labute approximate surface area is 87.0 Å². The van der Waals surface area contributed by atoms with Crippen LogP contribution in [0.25, 0.3) is 0 Å². The van der Waals surface area contributed by atoms with E-state index in [0.717, 1.165) is 12.8 Å². The lowest BCUT2D eigenvalue weighted by Crippen LogP contribution is -2.49. The van der Waals surface area contributed by atoms with Gasteiger partial charge in [0.25, 0.3) is 0 Å². The summed E-state index contributed by atoms with van der Waals surface area (Å²) >= 11 is 0. The van der Waals surface area contributed by atoms with Gasteiger partial charge in [-0.05, 0) is 12.8 Å². The highest BCUT2D eigenvalue weighted by Gasteiger charge is 2.44. The second-order valence-corrected chi connectivity index (χ2v) is 5.95. The quantitative estimate of drug-likeness (QED) is 0.661. The Morgan fingerprint density at radius 3 is 1.79 bits per heavy atom. The third kappa shape index (κ3) is 3.03. The SMILES string of the molecule is CO[Si](OC)(OC)OC1CCCCC1. The molecule has 0 atom stereocenters. The van der Waals surface area contributed by atoms with Crippen LogP contribution < -0.4 is 0 Å². The summed E-state index contributed by atoms with van der Waals surface area (Å²) in [5, 5.41) is 0. The maximum Gasteiger partial charge on any atom is 0.679 e. The third-order valence-electron chi connectivity index (χ3n) is 2.61. The van der Waals surface area contributed by atoms with E-state index in [2.05, 4.69) is 0 Å². The zero-order valence-electron chi connectivity index (χ0n) is 9.25. The molecule has 0 unspecified atom stereocenters. The van der Waals surface area contributed by atoms with Crippen molar-refractivity contribution in [1.82, 2.24) is 0 Å². The molecular formula is C9H20O4Si. The Hall–Kier alpha value is 0.0569. The zero-order chi connectivity index (χ0) is 10.4. The molecule has 0 aromatic rings. The molecular weight excluding hydrogens is 200 g/mol. The summed E-state index contributed by atoms with van der Waals surface area (Å²) < 4.78 is 21.4. The predicted molar refractivity (Wildman–Crippen MR) is 54.7 cm³/mol. The molecule has 0 saturated heterocycles. The maximum atomic E-state index is 5.80. The first-order valence-electron chi connectivity index (χ1n) is 5.09. The van der Waals surface area contributed by atoms with Crippen LogP contribution in [0.5, 0.6) is 0 Å². The van der Waals surface area contributed by atoms with Crippen molar-refractivity contribution < 1.29 is 17.7 Å². The van der Waals surface area contributed by atoms with E-state index in [0.29, 0.717) is 0 Å². The number of hydrogen-bond donors (Lipinski definition) is 0. The van der Waals surface area contributed by atoms with Crippen molar-refractivity contribution >= 4 is 9.05 Å². The van der Waals surface area contributed by atoms with E-state index in [4.69, 9.17) is 17.7 Å². The lowest BCUT2D eigenvalue weighted by atomic mass is 9.98. The number of rotatable bonds is 5. The van der Waals surface area contributed by atoms with Gasteiger partial charge in [-0.1, -0.05) is 19.3 Å². The Morgan fingerprint density at radius 1 is 0.857 bits per heavy atom. The van der Waals surface area contributed by atoms with Gasteiger partial charge >= 0.3 is 9.05 Å². The Kier molecular flexibility index (Phi) is 5.04. The van der Waals surface area contributed by atoms with Gasteiger partial charge in [0.2, 0.25) is 0 Å². The molecule has 4 nitrogen and oxygen atoms in total. The molecule has 0 bridgehead atoms. The topological polar surface area (TPSA) is 36.9 Å². The summed E-state index contributed by atoms with van der Waals surface area (Å²) in [5.41, 5.74) is 0. The van der Waals surface area contributed by atoms with Gasteiger partial charge in [-0.2, -0.15) is 0 Å². The third-order valence-corrected chi connectivity index (χ3v) is 4.74. The van der Waals surface area contributed by atoms with Crippen molar-refractivity contribution in [2.24, 2.45) is 0 Å². The van der Waals surface area contributed by atoms with Gasteiger partial charge in [-0.25, -0.2) is 0 Å². The molecule has 14 heavy (non-hydrogen) atoms. The smallest absolute Gasteiger partial charge is 0.355 e. The van der Waals surface area contributed by atoms with E-state index < -0.39 is 9.05 Å². The van der Waals surface area contributed by atoms with Crippen LogP contribution in [0.2, 0.25) is 0 Å². The van der Waals surface area contributed by atoms with E-state index in [1.807, 2.05) is 0 Å². The second-order valence-electron chi connectivity index (χ2n) is 3.49. The molecule has 0 heterocycles. The average Bonchev–Trinajstić information content (AvgIpc) is 2.28. The highest BCUT2D eigenvalue weighted by atomic mass is 28.4. The molecule has 0 aromatic carbocycles. The molecule has 0 aromatic heterocycles. The van der Waals surface area contributed by atoms with Crippen LogP contribution in [-0.2, 0) is 17.7 Å². The molecule has 1 aliphatic rings. The van der Waals surface area contributed by atoms with Crippen molar-refractivity contribution in [3.05, 3.63) is 0 Å². The van der Waals surface area contributed by atoms with Crippen LogP contribution in [-0.4, -0.2) is 36.5 Å². The molecule has 0 spiro atoms. The van der Waals surface area contributed by atoms with Crippen molar-refractivity contribution in [2.75, 3.05) is 21.3 Å². The highest BCUT2D eigenvalue weighted by molar-refractivity contribution is 6.53. The van der Waals surface area contributed by atoms with E-state index >= 15 is 0 Å². The van der Waals surface area contributed by atoms with E-state index in [-0.39, 0.29) is 6.10 Å². The molecule has 1 rings (SSSR count). The molecule has 0 N–H and O–H groups in total. The molecule has 1 fully saturated rings. The van der Waals surface area contributed by atoms with Crippen LogP contribution in [0.4, 0.5) is 0 Å². The normalized spacial score (nSPS) is 19.9. The fourth-order valence-electron chi connectivity index (χ4n) is 1.78. The van der Waals surface area contributed by atoms with Crippen LogP contribution in [0.1, 0.15) is 32.1 Å². The van der Waals surface area contributed by atoms with Crippen molar-refractivity contribution in [3.63, 3.8) is 0 Å². The summed E-state index contributed by atoms with van der Waals surface area (Å²) in [7, 11) is 1.91. The molecule has 5 heteroatoms. The van der Waals surface area contributed by atoms with Gasteiger partial charge in [0.05, 0.1) is 6.10 Å². The fourth-order valence-corrected chi connectivity index (χ4v) is 3.21. The standard InChI is InChI=1S/C9H20O4Si/c1-10-14(11-2,12-3)13-9-7-5-4-6-8-9/h9H,4-8H2,1-3H3. The first-order chi connectivity index (χ1) is 6.76. The predicted octanol–water partition coefficient (Wildman–Crippen LogP) is 1.71. The van der Waals surface area contributed by atoms with Crippen molar-refractivity contribution in [1.29, 1.82) is 0 Å². The largest absolute Gasteiger partial charge is 0.679 e. The van der Waals surface area contributed by atoms with Crippen LogP contribution in [0.3, 0.4) is 0 Å². The Bertz CT molecular complexity index is 147. The first-order valence-corrected chi connectivity index (χ1v) is 6.73.